The molecule has 1 aliphatic heterocycles. The van der Waals surface area contributed by atoms with Gasteiger partial charge in [-0.3, -0.25) is 14.7 Å². The maximum absolute atomic E-state index is 12.2. The summed E-state index contributed by atoms with van der Waals surface area (Å²) in [5.74, 6) is -0.0475. The highest BCUT2D eigenvalue weighted by molar-refractivity contribution is 5.95. The molecule has 1 saturated heterocycles. The Morgan fingerprint density at radius 2 is 2.15 bits per heavy atom. The minimum atomic E-state index is -0.0475. The number of pyridine rings is 1. The van der Waals surface area contributed by atoms with Gasteiger partial charge in [0.25, 0.3) is 5.91 Å². The number of nitrogens with zero attached hydrogens (tertiary/aromatic N) is 3. The predicted octanol–water partition coefficient (Wildman–Crippen LogP) is 1.42. The molecule has 1 amide bonds. The molecule has 0 spiro atoms. The van der Waals surface area contributed by atoms with Crippen LogP contribution in [0.15, 0.2) is 12.1 Å². The first-order chi connectivity index (χ1) is 9.60. The van der Waals surface area contributed by atoms with Gasteiger partial charge in [0.15, 0.2) is 0 Å². The molecule has 1 N–H and O–H groups in total. The van der Waals surface area contributed by atoms with Crippen molar-refractivity contribution in [2.24, 2.45) is 0 Å². The van der Waals surface area contributed by atoms with Gasteiger partial charge in [-0.2, -0.15) is 5.26 Å². The highest BCUT2D eigenvalue weighted by Gasteiger charge is 2.21. The lowest BCUT2D eigenvalue weighted by Gasteiger charge is -2.30. The number of rotatable bonds is 3. The fraction of sp³-hybridized carbons (Fsp3) is 0.533. The molecule has 2 heterocycles. The second kappa shape index (κ2) is 6.49. The molecule has 0 saturated carbocycles. The van der Waals surface area contributed by atoms with Crippen molar-refractivity contribution in [2.75, 3.05) is 19.6 Å². The molecule has 0 aliphatic carbocycles. The number of likely N-dealkylation sites (tertiary alicyclic amines) is 1. The van der Waals surface area contributed by atoms with Gasteiger partial charge >= 0.3 is 0 Å². The number of nitriles is 1. The van der Waals surface area contributed by atoms with E-state index in [0.29, 0.717) is 12.1 Å². The van der Waals surface area contributed by atoms with E-state index in [1.54, 1.807) is 0 Å². The SMILES string of the molecule is Cc1ccc(C(=O)NC2CCN(CC#N)CC2)c(C)n1. The summed E-state index contributed by atoms with van der Waals surface area (Å²) in [5, 5.41) is 11.7. The molecule has 0 atom stereocenters. The van der Waals surface area contributed by atoms with Crippen LogP contribution in [0.4, 0.5) is 0 Å². The molecule has 1 aromatic heterocycles. The van der Waals surface area contributed by atoms with Crippen LogP contribution in [0.5, 0.6) is 0 Å². The summed E-state index contributed by atoms with van der Waals surface area (Å²) in [6.07, 6.45) is 1.79. The van der Waals surface area contributed by atoms with Crippen LogP contribution in [0.2, 0.25) is 0 Å². The number of aryl methyl sites for hydroxylation is 2. The highest BCUT2D eigenvalue weighted by atomic mass is 16.1. The first kappa shape index (κ1) is 14.5. The second-order valence-corrected chi connectivity index (χ2v) is 5.27. The summed E-state index contributed by atoms with van der Waals surface area (Å²) >= 11 is 0. The number of carbonyl (C=O) groups is 1. The predicted molar refractivity (Wildman–Crippen MR) is 76.3 cm³/mol. The first-order valence-electron chi connectivity index (χ1n) is 6.94. The number of amides is 1. The van der Waals surface area contributed by atoms with E-state index >= 15 is 0 Å². The number of nitrogens with one attached hydrogen (secondary N) is 1. The smallest absolute Gasteiger partial charge is 0.253 e. The summed E-state index contributed by atoms with van der Waals surface area (Å²) in [6, 6.07) is 6.04. The highest BCUT2D eigenvalue weighted by Crippen LogP contribution is 2.12. The monoisotopic (exact) mass is 272 g/mol. The lowest BCUT2D eigenvalue weighted by atomic mass is 10.0. The molecule has 106 valence electrons. The molecular formula is C15H20N4O. The summed E-state index contributed by atoms with van der Waals surface area (Å²) < 4.78 is 0. The molecule has 5 heteroatoms. The topological polar surface area (TPSA) is 69.0 Å². The van der Waals surface area contributed by atoms with Crippen molar-refractivity contribution >= 4 is 5.91 Å². The van der Waals surface area contributed by atoms with Crippen molar-refractivity contribution in [1.82, 2.24) is 15.2 Å². The van der Waals surface area contributed by atoms with E-state index in [-0.39, 0.29) is 11.9 Å². The molecule has 1 aliphatic rings. The van der Waals surface area contributed by atoms with E-state index in [1.807, 2.05) is 26.0 Å². The van der Waals surface area contributed by atoms with Gasteiger partial charge < -0.3 is 5.32 Å². The van der Waals surface area contributed by atoms with Gasteiger partial charge in [-0.05, 0) is 38.8 Å². The van der Waals surface area contributed by atoms with Gasteiger partial charge in [0, 0.05) is 24.8 Å². The maximum atomic E-state index is 12.2. The average Bonchev–Trinajstić information content (AvgIpc) is 2.41. The third-order valence-electron chi connectivity index (χ3n) is 3.69. The quantitative estimate of drug-likeness (QED) is 0.845. The van der Waals surface area contributed by atoms with Gasteiger partial charge in [0.05, 0.1) is 23.9 Å². The Bertz CT molecular complexity index is 527. The third kappa shape index (κ3) is 3.55. The molecule has 5 nitrogen and oxygen atoms in total. The minimum Gasteiger partial charge on any atom is -0.349 e. The lowest BCUT2D eigenvalue weighted by molar-refractivity contribution is 0.0913. The Labute approximate surface area is 119 Å². The lowest BCUT2D eigenvalue weighted by Crippen LogP contribution is -2.44. The van der Waals surface area contributed by atoms with Crippen LogP contribution in [0.1, 0.15) is 34.6 Å². The molecule has 0 bridgehead atoms. The van der Waals surface area contributed by atoms with E-state index in [9.17, 15) is 4.79 Å². The molecule has 2 rings (SSSR count). The van der Waals surface area contributed by atoms with Crippen LogP contribution in [0, 0.1) is 25.2 Å². The Hall–Kier alpha value is -1.93. The maximum Gasteiger partial charge on any atom is 0.253 e. The van der Waals surface area contributed by atoms with Crippen molar-refractivity contribution < 1.29 is 4.79 Å². The number of carbonyl (C=O) groups excluding carboxylic acids is 1. The Kier molecular flexibility index (Phi) is 4.70. The zero-order chi connectivity index (χ0) is 14.5. The van der Waals surface area contributed by atoms with E-state index in [4.69, 9.17) is 5.26 Å². The second-order valence-electron chi connectivity index (χ2n) is 5.27. The van der Waals surface area contributed by atoms with Gasteiger partial charge in [-0.1, -0.05) is 0 Å². The summed E-state index contributed by atoms with van der Waals surface area (Å²) in [7, 11) is 0. The molecule has 1 fully saturated rings. The molecule has 20 heavy (non-hydrogen) atoms. The normalized spacial score (nSPS) is 16.6. The van der Waals surface area contributed by atoms with Crippen LogP contribution in [-0.4, -0.2) is 41.5 Å². The van der Waals surface area contributed by atoms with Gasteiger partial charge in [-0.15, -0.1) is 0 Å². The summed E-state index contributed by atoms with van der Waals surface area (Å²) in [4.78, 5) is 18.7. The summed E-state index contributed by atoms with van der Waals surface area (Å²) in [5.41, 5.74) is 2.34. The van der Waals surface area contributed by atoms with Crippen LogP contribution in [0.3, 0.4) is 0 Å². The van der Waals surface area contributed by atoms with Crippen molar-refractivity contribution in [2.45, 2.75) is 32.7 Å². The third-order valence-corrected chi connectivity index (χ3v) is 3.69. The number of piperidine rings is 1. The number of aromatic nitrogens is 1. The molecule has 0 unspecified atom stereocenters. The van der Waals surface area contributed by atoms with E-state index < -0.39 is 0 Å². The van der Waals surface area contributed by atoms with Gasteiger partial charge in [-0.25, -0.2) is 0 Å². The van der Waals surface area contributed by atoms with Gasteiger partial charge in [0.2, 0.25) is 0 Å². The molecular weight excluding hydrogens is 252 g/mol. The van der Waals surface area contributed by atoms with E-state index in [0.717, 1.165) is 37.3 Å². The van der Waals surface area contributed by atoms with Crippen molar-refractivity contribution in [3.8, 4) is 6.07 Å². The standard InChI is InChI=1S/C15H20N4O/c1-11-3-4-14(12(2)17-11)15(20)18-13-5-8-19(9-6-13)10-7-16/h3-4,13H,5-6,8-10H2,1-2H3,(H,18,20). The Balaban J connectivity index is 1.91. The van der Waals surface area contributed by atoms with E-state index in [2.05, 4.69) is 21.3 Å². The summed E-state index contributed by atoms with van der Waals surface area (Å²) in [6.45, 7) is 5.98. The van der Waals surface area contributed by atoms with Crippen LogP contribution in [0.25, 0.3) is 0 Å². The van der Waals surface area contributed by atoms with Crippen LogP contribution >= 0.6 is 0 Å². The van der Waals surface area contributed by atoms with Crippen LogP contribution in [-0.2, 0) is 0 Å². The van der Waals surface area contributed by atoms with Crippen LogP contribution < -0.4 is 5.32 Å². The van der Waals surface area contributed by atoms with Crippen molar-refractivity contribution in [3.63, 3.8) is 0 Å². The molecule has 1 aromatic rings. The Morgan fingerprint density at radius 3 is 2.75 bits per heavy atom. The van der Waals surface area contributed by atoms with E-state index in [1.165, 1.54) is 0 Å². The fourth-order valence-corrected chi connectivity index (χ4v) is 2.53. The zero-order valence-electron chi connectivity index (χ0n) is 12.0. The largest absolute Gasteiger partial charge is 0.349 e. The Morgan fingerprint density at radius 1 is 1.45 bits per heavy atom. The first-order valence-corrected chi connectivity index (χ1v) is 6.94. The number of hydrogen-bond donors (Lipinski definition) is 1. The van der Waals surface area contributed by atoms with Crippen molar-refractivity contribution in [1.29, 1.82) is 5.26 Å². The average molecular weight is 272 g/mol. The molecule has 0 aromatic carbocycles. The zero-order valence-corrected chi connectivity index (χ0v) is 12.0. The minimum absolute atomic E-state index is 0.0475. The van der Waals surface area contributed by atoms with Gasteiger partial charge in [0.1, 0.15) is 0 Å². The molecule has 0 radical (unpaired) electrons. The van der Waals surface area contributed by atoms with Crippen molar-refractivity contribution in [3.05, 3.63) is 29.1 Å². The number of hydrogen-bond acceptors (Lipinski definition) is 4. The fourth-order valence-electron chi connectivity index (χ4n) is 2.53.